The summed E-state index contributed by atoms with van der Waals surface area (Å²) in [6.07, 6.45) is 6.51. The highest BCUT2D eigenvalue weighted by Crippen LogP contribution is 2.60. The Bertz CT molecular complexity index is 665. The van der Waals surface area contributed by atoms with E-state index in [1.54, 1.807) is 0 Å². The van der Waals surface area contributed by atoms with Gasteiger partial charge in [0.1, 0.15) is 5.82 Å². The number of rotatable bonds is 3. The SMILES string of the molecule is COC(=O)c1ccc(F)c(NC(=O)C23CC4CC(CC(C4)C2)C3)c1. The second kappa shape index (κ2) is 5.57. The number of ether oxygens (including phenoxy) is 1. The second-order valence-electron chi connectivity index (χ2n) is 7.84. The van der Waals surface area contributed by atoms with Gasteiger partial charge in [-0.25, -0.2) is 9.18 Å². The molecule has 4 fully saturated rings. The third kappa shape index (κ3) is 2.50. The minimum absolute atomic E-state index is 0.0682. The molecule has 24 heavy (non-hydrogen) atoms. The molecule has 0 atom stereocenters. The highest BCUT2D eigenvalue weighted by atomic mass is 19.1. The smallest absolute Gasteiger partial charge is 0.337 e. The van der Waals surface area contributed by atoms with Crippen LogP contribution in [-0.2, 0) is 9.53 Å². The fourth-order valence-corrected chi connectivity index (χ4v) is 5.51. The van der Waals surface area contributed by atoms with E-state index in [0.29, 0.717) is 17.8 Å². The minimum atomic E-state index is -0.541. The van der Waals surface area contributed by atoms with Crippen LogP contribution in [0.5, 0.6) is 0 Å². The van der Waals surface area contributed by atoms with E-state index in [1.165, 1.54) is 44.6 Å². The average Bonchev–Trinajstić information content (AvgIpc) is 2.54. The largest absolute Gasteiger partial charge is 0.465 e. The number of hydrogen-bond donors (Lipinski definition) is 1. The molecule has 0 spiro atoms. The van der Waals surface area contributed by atoms with Gasteiger partial charge in [0.05, 0.1) is 23.8 Å². The molecule has 1 N–H and O–H groups in total. The van der Waals surface area contributed by atoms with Crippen LogP contribution in [0.4, 0.5) is 10.1 Å². The van der Waals surface area contributed by atoms with E-state index in [0.717, 1.165) is 19.3 Å². The Kier molecular flexibility index (Phi) is 3.62. The standard InChI is InChI=1S/C19H22FNO3/c1-24-17(22)14-2-3-15(20)16(7-14)21-18(23)19-8-11-4-12(9-19)6-13(5-11)10-19/h2-3,7,11-13H,4-6,8-10H2,1H3,(H,21,23). The molecule has 1 aromatic carbocycles. The second-order valence-corrected chi connectivity index (χ2v) is 7.84. The lowest BCUT2D eigenvalue weighted by molar-refractivity contribution is -0.140. The number of halogens is 1. The molecule has 128 valence electrons. The molecular formula is C19H22FNO3. The zero-order chi connectivity index (χ0) is 16.9. The molecule has 5 heteroatoms. The summed E-state index contributed by atoms with van der Waals surface area (Å²) in [6.45, 7) is 0. The maximum absolute atomic E-state index is 14.1. The van der Waals surface area contributed by atoms with Crippen LogP contribution in [0.25, 0.3) is 0 Å². The monoisotopic (exact) mass is 331 g/mol. The van der Waals surface area contributed by atoms with Crippen molar-refractivity contribution in [2.24, 2.45) is 23.2 Å². The molecule has 4 aliphatic rings. The Morgan fingerprint density at radius 3 is 2.25 bits per heavy atom. The number of amides is 1. The normalized spacial score (nSPS) is 33.3. The predicted molar refractivity (Wildman–Crippen MR) is 87.0 cm³/mol. The number of anilines is 1. The number of carbonyl (C=O) groups excluding carboxylic acids is 2. The molecule has 0 unspecified atom stereocenters. The van der Waals surface area contributed by atoms with E-state index in [2.05, 4.69) is 10.1 Å². The molecule has 0 aromatic heterocycles. The van der Waals surface area contributed by atoms with Crippen LogP contribution >= 0.6 is 0 Å². The highest BCUT2D eigenvalue weighted by Gasteiger charge is 2.54. The molecule has 4 bridgehead atoms. The summed E-state index contributed by atoms with van der Waals surface area (Å²) < 4.78 is 18.8. The first-order valence-electron chi connectivity index (χ1n) is 8.68. The lowest BCUT2D eigenvalue weighted by Gasteiger charge is -2.55. The molecule has 5 rings (SSSR count). The number of esters is 1. The minimum Gasteiger partial charge on any atom is -0.465 e. The molecule has 0 aliphatic heterocycles. The summed E-state index contributed by atoms with van der Waals surface area (Å²) in [4.78, 5) is 24.6. The van der Waals surface area contributed by atoms with Gasteiger partial charge in [-0.2, -0.15) is 0 Å². The fraction of sp³-hybridized carbons (Fsp3) is 0.579. The van der Waals surface area contributed by atoms with E-state index in [-0.39, 0.29) is 22.6 Å². The van der Waals surface area contributed by atoms with Gasteiger partial charge in [0, 0.05) is 0 Å². The number of methoxy groups -OCH3 is 1. The summed E-state index contributed by atoms with van der Waals surface area (Å²) in [5.74, 6) is 0.790. The van der Waals surface area contributed by atoms with Crippen molar-refractivity contribution < 1.29 is 18.7 Å². The van der Waals surface area contributed by atoms with E-state index in [1.807, 2.05) is 0 Å². The van der Waals surface area contributed by atoms with Crippen molar-refractivity contribution in [3.05, 3.63) is 29.6 Å². The summed E-state index contributed by atoms with van der Waals surface area (Å²) in [7, 11) is 1.28. The molecule has 4 nitrogen and oxygen atoms in total. The van der Waals surface area contributed by atoms with Gasteiger partial charge in [0.2, 0.25) is 5.91 Å². The average molecular weight is 331 g/mol. The van der Waals surface area contributed by atoms with Gasteiger partial charge in [-0.15, -0.1) is 0 Å². The van der Waals surface area contributed by atoms with Crippen LogP contribution < -0.4 is 5.32 Å². The molecule has 4 aliphatic carbocycles. The summed E-state index contributed by atoms with van der Waals surface area (Å²) >= 11 is 0. The van der Waals surface area contributed by atoms with Gasteiger partial charge in [0.15, 0.2) is 0 Å². The topological polar surface area (TPSA) is 55.4 Å². The molecule has 0 radical (unpaired) electrons. The summed E-state index contributed by atoms with van der Waals surface area (Å²) in [5, 5.41) is 2.76. The van der Waals surface area contributed by atoms with Gasteiger partial charge in [0.25, 0.3) is 0 Å². The highest BCUT2D eigenvalue weighted by molar-refractivity contribution is 5.97. The Balaban J connectivity index is 1.57. The maximum atomic E-state index is 14.1. The molecular weight excluding hydrogens is 309 g/mol. The van der Waals surface area contributed by atoms with E-state index < -0.39 is 11.8 Å². The first kappa shape index (κ1) is 15.6. The third-order valence-electron chi connectivity index (χ3n) is 6.16. The Morgan fingerprint density at radius 1 is 1.12 bits per heavy atom. The van der Waals surface area contributed by atoms with Crippen LogP contribution in [0.15, 0.2) is 18.2 Å². The number of benzene rings is 1. The number of hydrogen-bond acceptors (Lipinski definition) is 3. The van der Waals surface area contributed by atoms with E-state index in [4.69, 9.17) is 0 Å². The number of carbonyl (C=O) groups is 2. The zero-order valence-corrected chi connectivity index (χ0v) is 13.8. The van der Waals surface area contributed by atoms with E-state index >= 15 is 0 Å². The first-order valence-corrected chi connectivity index (χ1v) is 8.68. The lowest BCUT2D eigenvalue weighted by atomic mass is 9.49. The molecule has 1 aromatic rings. The van der Waals surface area contributed by atoms with E-state index in [9.17, 15) is 14.0 Å². The number of nitrogens with one attached hydrogen (secondary N) is 1. The van der Waals surface area contributed by atoms with Crippen LogP contribution in [-0.4, -0.2) is 19.0 Å². The molecule has 0 saturated heterocycles. The quantitative estimate of drug-likeness (QED) is 0.858. The lowest BCUT2D eigenvalue weighted by Crippen LogP contribution is -2.51. The summed E-state index contributed by atoms with van der Waals surface area (Å²) in [5.41, 5.74) is -0.0407. The Morgan fingerprint density at radius 2 is 1.71 bits per heavy atom. The summed E-state index contributed by atoms with van der Waals surface area (Å²) in [6, 6.07) is 3.92. The Labute approximate surface area is 140 Å². The zero-order valence-electron chi connectivity index (χ0n) is 13.8. The van der Waals surface area contributed by atoms with Gasteiger partial charge < -0.3 is 10.1 Å². The first-order chi connectivity index (χ1) is 11.5. The van der Waals surface area contributed by atoms with Crippen LogP contribution in [0, 0.1) is 29.0 Å². The van der Waals surface area contributed by atoms with Crippen molar-refractivity contribution in [2.75, 3.05) is 12.4 Å². The van der Waals surface area contributed by atoms with Gasteiger partial charge in [-0.3, -0.25) is 4.79 Å². The molecule has 4 saturated carbocycles. The predicted octanol–water partition coefficient (Wildman–Crippen LogP) is 3.77. The van der Waals surface area contributed by atoms with Crippen molar-refractivity contribution >= 4 is 17.6 Å². The maximum Gasteiger partial charge on any atom is 0.337 e. The Hall–Kier alpha value is -1.91. The third-order valence-corrected chi connectivity index (χ3v) is 6.16. The molecule has 1 amide bonds. The van der Waals surface area contributed by atoms with Gasteiger partial charge in [-0.05, 0) is 74.5 Å². The van der Waals surface area contributed by atoms with Crippen molar-refractivity contribution in [1.82, 2.24) is 0 Å². The van der Waals surface area contributed by atoms with Crippen molar-refractivity contribution in [2.45, 2.75) is 38.5 Å². The van der Waals surface area contributed by atoms with Crippen molar-refractivity contribution in [3.8, 4) is 0 Å². The van der Waals surface area contributed by atoms with Crippen LogP contribution in [0.1, 0.15) is 48.9 Å². The van der Waals surface area contributed by atoms with Crippen LogP contribution in [0.2, 0.25) is 0 Å². The van der Waals surface area contributed by atoms with Crippen LogP contribution in [0.3, 0.4) is 0 Å². The fourth-order valence-electron chi connectivity index (χ4n) is 5.51. The van der Waals surface area contributed by atoms with Gasteiger partial charge in [-0.1, -0.05) is 0 Å². The van der Waals surface area contributed by atoms with Gasteiger partial charge >= 0.3 is 5.97 Å². The molecule has 0 heterocycles. The van der Waals surface area contributed by atoms with Crippen molar-refractivity contribution in [1.29, 1.82) is 0 Å². The van der Waals surface area contributed by atoms with Crippen molar-refractivity contribution in [3.63, 3.8) is 0 Å².